The summed E-state index contributed by atoms with van der Waals surface area (Å²) in [6, 6.07) is 10.1. The molecule has 0 spiro atoms. The van der Waals surface area contributed by atoms with E-state index in [2.05, 4.69) is 18.7 Å². The Labute approximate surface area is 161 Å². The van der Waals surface area contributed by atoms with E-state index in [1.54, 1.807) is 6.08 Å². The molecule has 1 saturated carbocycles. The molecule has 2 rings (SSSR count). The number of ether oxygens (including phenoxy) is 1. The Morgan fingerprint density at radius 1 is 1.19 bits per heavy atom. The third-order valence-corrected chi connectivity index (χ3v) is 5.10. The van der Waals surface area contributed by atoms with Crippen molar-refractivity contribution in [1.82, 2.24) is 0 Å². The van der Waals surface area contributed by atoms with E-state index in [4.69, 9.17) is 9.84 Å². The van der Waals surface area contributed by atoms with E-state index in [0.717, 1.165) is 31.2 Å². The standard InChI is InChI=1S/C23H30O4/c1-2-16-27-22-17-21(24)19(12-8-3-4-9-13-23(25)26)20(22)15-14-18-10-6-5-7-11-18/h2,5-7,10-11,14-15,19-20,22H,1,3-4,8-9,12-13,16-17H2,(H,25,26)/b15-14+. The van der Waals surface area contributed by atoms with Gasteiger partial charge in [0.05, 0.1) is 12.7 Å². The number of benzene rings is 1. The van der Waals surface area contributed by atoms with E-state index in [-0.39, 0.29) is 30.1 Å². The number of ketones is 1. The van der Waals surface area contributed by atoms with E-state index < -0.39 is 5.97 Å². The SMILES string of the molecule is C=CCOC1CC(=O)C(CCCCCCC(=O)O)C1/C=C/c1ccccc1. The van der Waals surface area contributed by atoms with Crippen LogP contribution in [-0.2, 0) is 14.3 Å². The van der Waals surface area contributed by atoms with Crippen LogP contribution in [0, 0.1) is 11.8 Å². The first-order valence-corrected chi connectivity index (χ1v) is 9.82. The second-order valence-electron chi connectivity index (χ2n) is 7.13. The molecule has 0 bridgehead atoms. The van der Waals surface area contributed by atoms with Crippen molar-refractivity contribution >= 4 is 17.8 Å². The molecule has 27 heavy (non-hydrogen) atoms. The molecule has 0 aromatic heterocycles. The van der Waals surface area contributed by atoms with Gasteiger partial charge >= 0.3 is 5.97 Å². The molecule has 1 aromatic carbocycles. The van der Waals surface area contributed by atoms with Crippen molar-refractivity contribution < 1.29 is 19.4 Å². The lowest BCUT2D eigenvalue weighted by Gasteiger charge is -2.21. The van der Waals surface area contributed by atoms with Gasteiger partial charge in [-0.15, -0.1) is 6.58 Å². The third kappa shape index (κ3) is 7.14. The molecule has 1 N–H and O–H groups in total. The van der Waals surface area contributed by atoms with Crippen molar-refractivity contribution in [2.45, 2.75) is 51.0 Å². The average molecular weight is 370 g/mol. The summed E-state index contributed by atoms with van der Waals surface area (Å²) >= 11 is 0. The summed E-state index contributed by atoms with van der Waals surface area (Å²) in [5.74, 6) is -0.400. The number of carboxylic acids is 1. The van der Waals surface area contributed by atoms with Crippen LogP contribution in [0.25, 0.3) is 6.08 Å². The molecule has 0 heterocycles. The van der Waals surface area contributed by atoms with E-state index >= 15 is 0 Å². The fourth-order valence-electron chi connectivity index (χ4n) is 3.71. The molecule has 0 amide bonds. The second kappa shape index (κ2) is 11.5. The summed E-state index contributed by atoms with van der Waals surface area (Å²) < 4.78 is 5.87. The highest BCUT2D eigenvalue weighted by Crippen LogP contribution is 2.36. The van der Waals surface area contributed by atoms with Gasteiger partial charge in [0.1, 0.15) is 5.78 Å². The highest BCUT2D eigenvalue weighted by Gasteiger charge is 2.40. The van der Waals surface area contributed by atoms with E-state index in [0.29, 0.717) is 19.4 Å². The molecule has 4 nitrogen and oxygen atoms in total. The van der Waals surface area contributed by atoms with Gasteiger partial charge in [-0.05, 0) is 18.4 Å². The van der Waals surface area contributed by atoms with Crippen LogP contribution in [0.5, 0.6) is 0 Å². The number of carboxylic acid groups (broad SMARTS) is 1. The minimum atomic E-state index is -0.741. The van der Waals surface area contributed by atoms with Crippen LogP contribution >= 0.6 is 0 Å². The van der Waals surface area contributed by atoms with E-state index in [1.807, 2.05) is 30.3 Å². The number of carbonyl (C=O) groups excluding carboxylic acids is 1. The molecule has 1 aromatic rings. The molecule has 146 valence electrons. The van der Waals surface area contributed by atoms with E-state index in [1.165, 1.54) is 0 Å². The number of Topliss-reactive ketones (excluding diaryl/α,β-unsaturated/α-hetero) is 1. The predicted octanol–water partition coefficient (Wildman–Crippen LogP) is 4.90. The van der Waals surface area contributed by atoms with Crippen LogP contribution in [0.15, 0.2) is 49.1 Å². The van der Waals surface area contributed by atoms with Crippen molar-refractivity contribution in [2.75, 3.05) is 6.61 Å². The largest absolute Gasteiger partial charge is 0.481 e. The summed E-state index contributed by atoms with van der Waals surface area (Å²) in [6.07, 6.45) is 10.9. The Hall–Kier alpha value is -2.20. The number of rotatable bonds is 12. The molecule has 0 radical (unpaired) electrons. The average Bonchev–Trinajstić information content (AvgIpc) is 2.96. The Kier molecular flexibility index (Phi) is 8.99. The maximum Gasteiger partial charge on any atom is 0.303 e. The molecular weight excluding hydrogens is 340 g/mol. The zero-order valence-electron chi connectivity index (χ0n) is 15.9. The number of hydrogen-bond donors (Lipinski definition) is 1. The lowest BCUT2D eigenvalue weighted by molar-refractivity contribution is -0.137. The number of hydrogen-bond acceptors (Lipinski definition) is 3. The zero-order valence-corrected chi connectivity index (χ0v) is 15.9. The fourth-order valence-corrected chi connectivity index (χ4v) is 3.71. The molecule has 0 aliphatic heterocycles. The highest BCUT2D eigenvalue weighted by molar-refractivity contribution is 5.85. The van der Waals surface area contributed by atoms with Crippen LogP contribution < -0.4 is 0 Å². The number of unbranched alkanes of at least 4 members (excludes halogenated alkanes) is 3. The summed E-state index contributed by atoms with van der Waals surface area (Å²) in [4.78, 5) is 23.1. The van der Waals surface area contributed by atoms with Crippen LogP contribution in [0.3, 0.4) is 0 Å². The van der Waals surface area contributed by atoms with Gasteiger partial charge in [-0.25, -0.2) is 0 Å². The van der Waals surface area contributed by atoms with Gasteiger partial charge in [0.15, 0.2) is 0 Å². The summed E-state index contributed by atoms with van der Waals surface area (Å²) in [5.41, 5.74) is 1.12. The number of aliphatic carboxylic acids is 1. The maximum atomic E-state index is 12.6. The normalized spacial score (nSPS) is 22.4. The van der Waals surface area contributed by atoms with Crippen LogP contribution in [0.2, 0.25) is 0 Å². The molecule has 0 saturated heterocycles. The van der Waals surface area contributed by atoms with Crippen LogP contribution in [-0.4, -0.2) is 29.6 Å². The summed E-state index contributed by atoms with van der Waals surface area (Å²) in [7, 11) is 0. The topological polar surface area (TPSA) is 63.6 Å². The minimum Gasteiger partial charge on any atom is -0.481 e. The van der Waals surface area contributed by atoms with Crippen molar-refractivity contribution in [2.24, 2.45) is 11.8 Å². The number of carbonyl (C=O) groups is 2. The van der Waals surface area contributed by atoms with Gasteiger partial charge < -0.3 is 9.84 Å². The molecule has 1 aliphatic carbocycles. The van der Waals surface area contributed by atoms with E-state index in [9.17, 15) is 9.59 Å². The van der Waals surface area contributed by atoms with Gasteiger partial charge in [0.25, 0.3) is 0 Å². The quantitative estimate of drug-likeness (QED) is 0.420. The second-order valence-corrected chi connectivity index (χ2v) is 7.13. The third-order valence-electron chi connectivity index (χ3n) is 5.10. The first kappa shape index (κ1) is 21.1. The van der Waals surface area contributed by atoms with Crippen molar-refractivity contribution in [3.8, 4) is 0 Å². The molecule has 3 unspecified atom stereocenters. The van der Waals surface area contributed by atoms with Gasteiger partial charge in [0, 0.05) is 24.7 Å². The first-order valence-electron chi connectivity index (χ1n) is 9.82. The predicted molar refractivity (Wildman–Crippen MR) is 107 cm³/mol. The molecular formula is C23H30O4. The molecule has 4 heteroatoms. The lowest BCUT2D eigenvalue weighted by atomic mass is 9.88. The summed E-state index contributed by atoms with van der Waals surface area (Å²) in [6.45, 7) is 4.15. The van der Waals surface area contributed by atoms with Gasteiger partial charge in [-0.1, -0.05) is 67.8 Å². The van der Waals surface area contributed by atoms with Crippen molar-refractivity contribution in [1.29, 1.82) is 0 Å². The van der Waals surface area contributed by atoms with Gasteiger partial charge in [-0.3, -0.25) is 9.59 Å². The Morgan fingerprint density at radius 2 is 1.93 bits per heavy atom. The fraction of sp³-hybridized carbons (Fsp3) is 0.478. The first-order chi connectivity index (χ1) is 13.1. The molecule has 1 aliphatic rings. The van der Waals surface area contributed by atoms with Crippen molar-refractivity contribution in [3.63, 3.8) is 0 Å². The summed E-state index contributed by atoms with van der Waals surface area (Å²) in [5, 5.41) is 8.69. The highest BCUT2D eigenvalue weighted by atomic mass is 16.5. The lowest BCUT2D eigenvalue weighted by Crippen LogP contribution is -2.21. The van der Waals surface area contributed by atoms with Crippen molar-refractivity contribution in [3.05, 3.63) is 54.6 Å². The van der Waals surface area contributed by atoms with Gasteiger partial charge in [0.2, 0.25) is 0 Å². The smallest absolute Gasteiger partial charge is 0.303 e. The molecule has 1 fully saturated rings. The van der Waals surface area contributed by atoms with Crippen LogP contribution in [0.4, 0.5) is 0 Å². The molecule has 3 atom stereocenters. The Bertz CT molecular complexity index is 635. The van der Waals surface area contributed by atoms with Gasteiger partial charge in [-0.2, -0.15) is 0 Å². The maximum absolute atomic E-state index is 12.6. The monoisotopic (exact) mass is 370 g/mol. The minimum absolute atomic E-state index is 0.0146. The van der Waals surface area contributed by atoms with Crippen LogP contribution in [0.1, 0.15) is 50.5 Å². The zero-order chi connectivity index (χ0) is 19.5. The Balaban J connectivity index is 1.94. The Morgan fingerprint density at radius 3 is 2.63 bits per heavy atom.